The summed E-state index contributed by atoms with van der Waals surface area (Å²) in [4.78, 5) is 90.2. The van der Waals surface area contributed by atoms with Crippen molar-refractivity contribution >= 4 is 125 Å². The predicted molar refractivity (Wildman–Crippen MR) is 434 cm³/mol. The average molecular weight is 1920 g/mol. The molecular formula is C87H67F13O23S6. The topological polar surface area (TPSA) is 358 Å². The molecule has 2 saturated heterocycles. The fourth-order valence-electron chi connectivity index (χ4n) is 12.2. The molecule has 0 aromatic heterocycles. The Morgan fingerprint density at radius 3 is 1.22 bits per heavy atom. The zero-order valence-corrected chi connectivity index (χ0v) is 71.0. The smallest absolute Gasteiger partial charge is 0.396 e. The van der Waals surface area contributed by atoms with Crippen LogP contribution in [0, 0.1) is 35.0 Å². The highest BCUT2D eigenvalue weighted by atomic mass is 32.2. The zero-order chi connectivity index (χ0) is 94.2. The number of carbonyl (C=O) groups is 7. The van der Waals surface area contributed by atoms with Gasteiger partial charge in [0.1, 0.15) is 17.5 Å². The lowest BCUT2D eigenvalue weighted by Crippen LogP contribution is -2.47. The molecular weight excluding hydrogens is 1850 g/mol. The second-order valence-electron chi connectivity index (χ2n) is 27.7. The van der Waals surface area contributed by atoms with Gasteiger partial charge in [-0.15, -0.1) is 0 Å². The Hall–Kier alpha value is -12.1. The highest BCUT2D eigenvalue weighted by molar-refractivity contribution is 7.97. The van der Waals surface area contributed by atoms with Gasteiger partial charge < -0.3 is 37.5 Å². The number of fused-ring (bicyclic) bond motifs is 2. The summed E-state index contributed by atoms with van der Waals surface area (Å²) in [6, 6.07) is 72.3. The molecule has 2 fully saturated rings. The molecule has 0 bridgehead atoms. The molecule has 2 atom stereocenters. The number of Topliss-reactive ketones (excluding diaryl/α,β-unsaturated/α-hetero) is 1. The highest BCUT2D eigenvalue weighted by Gasteiger charge is 2.62. The summed E-state index contributed by atoms with van der Waals surface area (Å²) in [5, 5.41) is -9.13. The second-order valence-corrected chi connectivity index (χ2v) is 38.6. The van der Waals surface area contributed by atoms with Crippen molar-refractivity contribution in [1.29, 1.82) is 0 Å². The molecule has 129 heavy (non-hydrogen) atoms. The number of esters is 6. The Bertz CT molecular complexity index is 6330. The highest BCUT2D eigenvalue weighted by Crippen LogP contribution is 2.44. The van der Waals surface area contributed by atoms with E-state index in [1.165, 1.54) is 36.4 Å². The second kappa shape index (κ2) is 42.0. The number of carbonyl (C=O) groups excluding carboxylic acids is 7. The summed E-state index contributed by atoms with van der Waals surface area (Å²) < 4.78 is 315. The Morgan fingerprint density at radius 1 is 0.411 bits per heavy atom. The van der Waals surface area contributed by atoms with Crippen LogP contribution >= 0.6 is 0 Å². The van der Waals surface area contributed by atoms with Crippen molar-refractivity contribution in [1.82, 2.24) is 0 Å². The Labute approximate surface area is 732 Å². The molecule has 11 aromatic carbocycles. The van der Waals surface area contributed by atoms with Crippen LogP contribution in [0.25, 0.3) is 21.5 Å². The van der Waals surface area contributed by atoms with Crippen molar-refractivity contribution in [2.24, 2.45) is 5.92 Å². The van der Waals surface area contributed by atoms with Crippen LogP contribution < -0.4 is 9.47 Å². The lowest BCUT2D eigenvalue weighted by molar-refractivity contribution is -0.169. The number of benzene rings is 11. The van der Waals surface area contributed by atoms with Crippen LogP contribution in [0.2, 0.25) is 0 Å². The number of halogens is 13. The monoisotopic (exact) mass is 1920 g/mol. The number of sulfone groups is 2. The van der Waals surface area contributed by atoms with Crippen LogP contribution in [0.4, 0.5) is 57.1 Å². The summed E-state index contributed by atoms with van der Waals surface area (Å²) in [6.45, 7) is -0.603. The van der Waals surface area contributed by atoms with Gasteiger partial charge in [-0.05, 0) is 149 Å². The first-order valence-corrected chi connectivity index (χ1v) is 46.3. The Kier molecular flexibility index (Phi) is 32.3. The van der Waals surface area contributed by atoms with E-state index in [0.717, 1.165) is 34.8 Å². The minimum atomic E-state index is -6.63. The minimum Gasteiger partial charge on any atom is -0.743 e. The standard InChI is InChI=1S/C26H16F5O4S2.C25H23O5S2.C21H18F4O9S.C15H12F4O5S/c27-21-22(28)24(30)26(25(31)23(21)29)35-20(32)15-37(33,34)19-13-11-18(12-14-19)36(16-7-3-1-4-8-16)17-9-5-2-6-10-17;26-24(23-15-17-30-25(23)27)16-18-32(28,29)22-13-11-21(12-14-22)31(19-7-3-1-4-8-19)20-9-5-2-6-10-20;22-20(23,21(24,25)35(29,30)31)7-3-8-32-17(26)14-10-12-4-1-2-5-13(12)11-15(14)18(27)34-16-6-9-33-19(16)28;16-14(17,15(18,19)25(21,22)23)8-7-13(20)24-12-6-5-10-3-1-2-4-11(10)9-12/h1-14H,15H2;1-14,23H,15-18H2;1-2,4-5,10-11,16H,3,6-9H2,(H,29,30,31);1-6,9H,7-8H2,(H,21,22,23)/q2*+1;;/p-2. The fraction of sp³-hybridized carbons (Fsp3) is 0.207. The van der Waals surface area contributed by atoms with Crippen molar-refractivity contribution in [2.45, 2.75) is 113 Å². The van der Waals surface area contributed by atoms with E-state index in [4.69, 9.17) is 23.7 Å². The molecule has 0 amide bonds. The normalized spacial score (nSPS) is 14.4. The molecule has 23 nitrogen and oxygen atoms in total. The lowest BCUT2D eigenvalue weighted by Gasteiger charge is -2.28. The maximum Gasteiger partial charge on any atom is 0.396 e. The third kappa shape index (κ3) is 24.5. The summed E-state index contributed by atoms with van der Waals surface area (Å²) >= 11 is 0. The van der Waals surface area contributed by atoms with Gasteiger partial charge in [-0.25, -0.2) is 61.2 Å². The van der Waals surface area contributed by atoms with Crippen LogP contribution in [0.1, 0.15) is 65.7 Å². The van der Waals surface area contributed by atoms with Gasteiger partial charge >= 0.3 is 58.2 Å². The van der Waals surface area contributed by atoms with E-state index in [2.05, 4.69) is 29.0 Å². The number of alkyl halides is 8. The van der Waals surface area contributed by atoms with Gasteiger partial charge in [-0.1, -0.05) is 127 Å². The first kappa shape index (κ1) is 99.1. The van der Waals surface area contributed by atoms with Gasteiger partial charge in [-0.2, -0.15) is 43.9 Å². The molecule has 0 N–H and O–H groups in total. The van der Waals surface area contributed by atoms with E-state index in [1.807, 2.05) is 109 Å². The van der Waals surface area contributed by atoms with E-state index >= 15 is 0 Å². The van der Waals surface area contributed by atoms with Crippen molar-refractivity contribution in [3.05, 3.63) is 289 Å². The maximum atomic E-state index is 13.8. The molecule has 0 saturated carbocycles. The summed E-state index contributed by atoms with van der Waals surface area (Å²) in [6.07, 6.45) is -6.69. The van der Waals surface area contributed by atoms with Crippen LogP contribution in [0.3, 0.4) is 0 Å². The van der Waals surface area contributed by atoms with E-state index in [1.54, 1.807) is 78.9 Å². The number of ketones is 1. The molecule has 13 rings (SSSR count). The van der Waals surface area contributed by atoms with E-state index in [0.29, 0.717) is 22.6 Å². The molecule has 2 unspecified atom stereocenters. The number of cyclic esters (lactones) is 2. The minimum absolute atomic E-state index is 0.00947. The van der Waals surface area contributed by atoms with Gasteiger partial charge in [0, 0.05) is 32.1 Å². The van der Waals surface area contributed by atoms with Crippen LogP contribution in [-0.4, -0.2) is 144 Å². The molecule has 2 aliphatic heterocycles. The van der Waals surface area contributed by atoms with Gasteiger partial charge in [0.25, 0.3) is 0 Å². The zero-order valence-electron chi connectivity index (χ0n) is 66.1. The number of hydrogen-bond acceptors (Lipinski definition) is 23. The van der Waals surface area contributed by atoms with Gasteiger partial charge in [-0.3, -0.25) is 19.2 Å². The number of ether oxygens (including phenoxy) is 6. The molecule has 2 aliphatic rings. The third-order valence-electron chi connectivity index (χ3n) is 18.8. The average Bonchev–Trinajstić information content (AvgIpc) is 1.32. The van der Waals surface area contributed by atoms with Crippen molar-refractivity contribution < 1.29 is 162 Å². The van der Waals surface area contributed by atoms with Gasteiger partial charge in [0.05, 0.1) is 74.7 Å². The quantitative estimate of drug-likeness (QED) is 0.00385. The van der Waals surface area contributed by atoms with E-state index < -0.39 is 194 Å². The summed E-state index contributed by atoms with van der Waals surface area (Å²) in [7, 11) is -22.2. The van der Waals surface area contributed by atoms with Crippen molar-refractivity contribution in [2.75, 3.05) is 31.3 Å². The fourth-order valence-corrected chi connectivity index (χ4v) is 19.6. The largest absolute Gasteiger partial charge is 0.743 e. The molecule has 2 heterocycles. The first-order chi connectivity index (χ1) is 60.7. The summed E-state index contributed by atoms with van der Waals surface area (Å²) in [5.74, 6) is -33.6. The molecule has 0 radical (unpaired) electrons. The molecule has 42 heteroatoms. The van der Waals surface area contributed by atoms with Crippen LogP contribution in [0.5, 0.6) is 11.5 Å². The Morgan fingerprint density at radius 2 is 0.798 bits per heavy atom. The van der Waals surface area contributed by atoms with Crippen LogP contribution in [0.15, 0.2) is 288 Å². The number of rotatable bonds is 30. The first-order valence-electron chi connectivity index (χ1n) is 37.7. The molecule has 11 aromatic rings. The van der Waals surface area contributed by atoms with Crippen molar-refractivity contribution in [3.8, 4) is 11.5 Å². The van der Waals surface area contributed by atoms with Crippen molar-refractivity contribution in [3.63, 3.8) is 0 Å². The van der Waals surface area contributed by atoms with E-state index in [-0.39, 0.29) is 75.2 Å². The lowest BCUT2D eigenvalue weighted by atomic mass is 10.0. The third-order valence-corrected chi connectivity index (χ3v) is 28.4. The molecule has 680 valence electrons. The molecule has 0 spiro atoms. The van der Waals surface area contributed by atoms with Gasteiger partial charge in [0.15, 0.2) is 75.0 Å². The van der Waals surface area contributed by atoms with Crippen LogP contribution in [-0.2, 0) is 105 Å². The molecule has 0 aliphatic carbocycles. The predicted octanol–water partition coefficient (Wildman–Crippen LogP) is 16.3. The SMILES string of the molecule is O=C(CCC(F)(F)C(F)(F)S(=O)(=O)[O-])Oc1ccc2ccccc2c1.O=C(CCS(=O)(=O)c1ccc([S+](c2ccccc2)c2ccccc2)cc1)C1CCOC1=O.O=C(CS(=O)(=O)c1ccc([S+](c2ccccc2)c2ccccc2)cc1)Oc1c(F)c(F)c(F)c(F)c1F.O=C(OCCCC(F)(F)C(F)(F)S(=O)(=O)[O-])c1cc2ccccc2cc1C(=O)OC1CCOC1=O. The summed E-state index contributed by atoms with van der Waals surface area (Å²) in [5.41, 5.74) is -0.651. The Balaban J connectivity index is 0.000000181. The maximum absolute atomic E-state index is 13.8. The number of hydrogen-bond donors (Lipinski definition) is 0. The van der Waals surface area contributed by atoms with E-state index in [9.17, 15) is 133 Å². The van der Waals surface area contributed by atoms with Gasteiger partial charge in [0.2, 0.25) is 40.9 Å².